The van der Waals surface area contributed by atoms with Gasteiger partial charge >= 0.3 is 5.97 Å². The van der Waals surface area contributed by atoms with E-state index in [2.05, 4.69) is 10.3 Å². The van der Waals surface area contributed by atoms with Crippen LogP contribution in [0, 0.1) is 0 Å². The third kappa shape index (κ3) is 2.03. The SMILES string of the molecule is C[C@@H]1N[C@H]2N(C1=O)c1ccccc1[C@@]21C[C@@H](n2cnc3ccccc3c2=O)C(=O)O1. The van der Waals surface area contributed by atoms with E-state index in [-0.39, 0.29) is 23.9 Å². The molecule has 3 aliphatic heterocycles. The molecule has 6 rings (SSSR count). The molecule has 150 valence electrons. The van der Waals surface area contributed by atoms with Gasteiger partial charge in [0.2, 0.25) is 5.91 Å². The number of benzene rings is 2. The summed E-state index contributed by atoms with van der Waals surface area (Å²) in [6.45, 7) is 1.79. The van der Waals surface area contributed by atoms with Crippen LogP contribution in [0.3, 0.4) is 0 Å². The highest BCUT2D eigenvalue weighted by Crippen LogP contribution is 2.54. The molecular weight excluding hydrogens is 384 g/mol. The molecule has 0 bridgehead atoms. The molecule has 3 aliphatic rings. The molecule has 4 atom stereocenters. The molecule has 1 aromatic heterocycles. The number of nitrogens with zero attached hydrogens (tertiary/aromatic N) is 3. The monoisotopic (exact) mass is 402 g/mol. The molecule has 1 spiro atoms. The van der Waals surface area contributed by atoms with Crippen LogP contribution in [0.1, 0.15) is 24.9 Å². The van der Waals surface area contributed by atoms with E-state index in [4.69, 9.17) is 4.74 Å². The summed E-state index contributed by atoms with van der Waals surface area (Å²) in [6, 6.07) is 13.3. The second-order valence-corrected chi connectivity index (χ2v) is 8.02. The van der Waals surface area contributed by atoms with Crippen molar-refractivity contribution in [1.82, 2.24) is 14.9 Å². The fourth-order valence-corrected chi connectivity index (χ4v) is 5.02. The lowest BCUT2D eigenvalue weighted by atomic mass is 9.88. The zero-order valence-electron chi connectivity index (χ0n) is 16.1. The van der Waals surface area contributed by atoms with Crippen LogP contribution >= 0.6 is 0 Å². The van der Waals surface area contributed by atoms with Gasteiger partial charge in [0.25, 0.3) is 5.56 Å². The first-order valence-electron chi connectivity index (χ1n) is 9.89. The first kappa shape index (κ1) is 17.3. The fraction of sp³-hybridized carbons (Fsp3) is 0.273. The predicted molar refractivity (Wildman–Crippen MR) is 108 cm³/mol. The van der Waals surface area contributed by atoms with Gasteiger partial charge in [0, 0.05) is 12.0 Å². The van der Waals surface area contributed by atoms with E-state index in [1.54, 1.807) is 30.0 Å². The maximum absolute atomic E-state index is 13.1. The Labute approximate surface area is 171 Å². The number of amides is 1. The van der Waals surface area contributed by atoms with Crippen molar-refractivity contribution < 1.29 is 14.3 Å². The van der Waals surface area contributed by atoms with E-state index < -0.39 is 23.8 Å². The minimum atomic E-state index is -1.05. The van der Waals surface area contributed by atoms with Crippen molar-refractivity contribution in [3.63, 3.8) is 0 Å². The van der Waals surface area contributed by atoms with Crippen LogP contribution in [0.25, 0.3) is 10.9 Å². The molecule has 1 N–H and O–H groups in total. The molecular formula is C22H18N4O4. The summed E-state index contributed by atoms with van der Waals surface area (Å²) in [7, 11) is 0. The normalized spacial score (nSPS) is 29.5. The summed E-state index contributed by atoms with van der Waals surface area (Å²) in [5.41, 5.74) is 0.756. The van der Waals surface area contributed by atoms with Crippen LogP contribution in [-0.2, 0) is 19.9 Å². The highest BCUT2D eigenvalue weighted by Gasteiger charge is 2.64. The van der Waals surface area contributed by atoms with E-state index in [1.807, 2.05) is 30.3 Å². The van der Waals surface area contributed by atoms with Gasteiger partial charge in [-0.25, -0.2) is 9.78 Å². The number of nitrogens with one attached hydrogen (secondary N) is 1. The van der Waals surface area contributed by atoms with Gasteiger partial charge in [0.05, 0.1) is 29.0 Å². The van der Waals surface area contributed by atoms with Crippen LogP contribution < -0.4 is 15.8 Å². The maximum Gasteiger partial charge on any atom is 0.330 e. The van der Waals surface area contributed by atoms with Gasteiger partial charge in [-0.05, 0) is 25.1 Å². The van der Waals surface area contributed by atoms with Crippen molar-refractivity contribution in [3.8, 4) is 0 Å². The van der Waals surface area contributed by atoms with Gasteiger partial charge in [0.1, 0.15) is 12.2 Å². The number of carbonyl (C=O) groups is 2. The number of esters is 1. The van der Waals surface area contributed by atoms with E-state index in [0.29, 0.717) is 10.9 Å². The first-order valence-corrected chi connectivity index (χ1v) is 9.89. The van der Waals surface area contributed by atoms with Crippen LogP contribution in [0.15, 0.2) is 59.7 Å². The Hall–Kier alpha value is -3.52. The Bertz CT molecular complexity index is 1300. The highest BCUT2D eigenvalue weighted by atomic mass is 16.6. The summed E-state index contributed by atoms with van der Waals surface area (Å²) in [5, 5.41) is 3.73. The van der Waals surface area contributed by atoms with Gasteiger partial charge in [0.15, 0.2) is 5.60 Å². The Morgan fingerprint density at radius 1 is 1.10 bits per heavy atom. The molecule has 8 heteroatoms. The number of hydrogen-bond acceptors (Lipinski definition) is 6. The second-order valence-electron chi connectivity index (χ2n) is 8.02. The van der Waals surface area contributed by atoms with E-state index in [9.17, 15) is 14.4 Å². The average Bonchev–Trinajstić information content (AvgIpc) is 3.34. The molecule has 0 saturated carbocycles. The predicted octanol–water partition coefficient (Wildman–Crippen LogP) is 1.44. The molecule has 1 amide bonds. The molecule has 2 saturated heterocycles. The first-order chi connectivity index (χ1) is 14.5. The summed E-state index contributed by atoms with van der Waals surface area (Å²) in [5.74, 6) is -0.562. The molecule has 3 aromatic rings. The summed E-state index contributed by atoms with van der Waals surface area (Å²) in [6.07, 6.45) is 1.14. The van der Waals surface area contributed by atoms with Gasteiger partial charge < -0.3 is 4.74 Å². The number of rotatable bonds is 1. The number of ether oxygens (including phenoxy) is 1. The molecule has 4 heterocycles. The van der Waals surface area contributed by atoms with Gasteiger partial charge in [-0.1, -0.05) is 30.3 Å². The number of hydrogen-bond donors (Lipinski definition) is 1. The maximum atomic E-state index is 13.1. The highest BCUT2D eigenvalue weighted by molar-refractivity contribution is 6.03. The quantitative estimate of drug-likeness (QED) is 0.619. The topological polar surface area (TPSA) is 93.5 Å². The largest absolute Gasteiger partial charge is 0.449 e. The lowest BCUT2D eigenvalue weighted by Gasteiger charge is -2.30. The summed E-state index contributed by atoms with van der Waals surface area (Å²) < 4.78 is 7.35. The van der Waals surface area contributed by atoms with Crippen LogP contribution in [0.5, 0.6) is 0 Å². The van der Waals surface area contributed by atoms with Crippen LogP contribution in [0.4, 0.5) is 5.69 Å². The van der Waals surface area contributed by atoms with E-state index in [1.165, 1.54) is 10.9 Å². The Kier molecular flexibility index (Phi) is 3.33. The van der Waals surface area contributed by atoms with Gasteiger partial charge in [-0.3, -0.25) is 24.4 Å². The zero-order chi connectivity index (χ0) is 20.6. The third-order valence-corrected chi connectivity index (χ3v) is 6.41. The zero-order valence-corrected chi connectivity index (χ0v) is 16.1. The molecule has 8 nitrogen and oxygen atoms in total. The fourth-order valence-electron chi connectivity index (χ4n) is 5.02. The molecule has 0 aliphatic carbocycles. The van der Waals surface area contributed by atoms with E-state index in [0.717, 1.165) is 11.3 Å². The summed E-state index contributed by atoms with van der Waals surface area (Å²) >= 11 is 0. The van der Waals surface area contributed by atoms with Crippen LogP contribution in [0.2, 0.25) is 0 Å². The standard InChI is InChI=1S/C22H18N4O4/c1-12-18(27)26-16-9-5-3-7-14(16)22(21(26)24-12)10-17(20(29)30-22)25-11-23-15-8-4-2-6-13(15)19(25)28/h2-9,11-12,17,21,24H,10H2,1H3/t12-,17+,21-,22-/m0/s1. The van der Waals surface area contributed by atoms with Crippen molar-refractivity contribution in [2.45, 2.75) is 37.2 Å². The Balaban J connectivity index is 1.49. The Morgan fingerprint density at radius 2 is 1.87 bits per heavy atom. The summed E-state index contributed by atoms with van der Waals surface area (Å²) in [4.78, 5) is 44.9. The number of fused-ring (bicyclic) bond motifs is 6. The minimum absolute atomic E-state index is 0.0617. The molecule has 2 fully saturated rings. The number of aromatic nitrogens is 2. The van der Waals surface area contributed by atoms with Gasteiger partial charge in [-0.2, -0.15) is 0 Å². The smallest absolute Gasteiger partial charge is 0.330 e. The second kappa shape index (κ2) is 5.76. The van der Waals surface area contributed by atoms with Crippen molar-refractivity contribution in [3.05, 3.63) is 70.8 Å². The molecule has 0 unspecified atom stereocenters. The number of anilines is 1. The van der Waals surface area contributed by atoms with Gasteiger partial charge in [-0.15, -0.1) is 0 Å². The van der Waals surface area contributed by atoms with Crippen LogP contribution in [-0.4, -0.2) is 33.6 Å². The molecule has 2 aromatic carbocycles. The lowest BCUT2D eigenvalue weighted by Crippen LogP contribution is -2.49. The molecule has 0 radical (unpaired) electrons. The lowest BCUT2D eigenvalue weighted by molar-refractivity contribution is -0.152. The van der Waals surface area contributed by atoms with Crippen molar-refractivity contribution in [2.75, 3.05) is 4.90 Å². The third-order valence-electron chi connectivity index (χ3n) is 6.41. The minimum Gasteiger partial charge on any atom is -0.449 e. The van der Waals surface area contributed by atoms with Crippen molar-refractivity contribution in [1.29, 1.82) is 0 Å². The van der Waals surface area contributed by atoms with Crippen molar-refractivity contribution in [2.24, 2.45) is 0 Å². The Morgan fingerprint density at radius 3 is 2.73 bits per heavy atom. The number of carbonyl (C=O) groups excluding carboxylic acids is 2. The molecule has 30 heavy (non-hydrogen) atoms. The van der Waals surface area contributed by atoms with E-state index >= 15 is 0 Å². The van der Waals surface area contributed by atoms with Crippen molar-refractivity contribution >= 4 is 28.5 Å². The number of para-hydroxylation sites is 2. The average molecular weight is 402 g/mol.